The third-order valence-electron chi connectivity index (χ3n) is 3.52. The maximum Gasteiger partial charge on any atom is 0.264 e. The molecule has 1 aliphatic rings. The molecule has 1 aliphatic heterocycles. The monoisotopic (exact) mass is 330 g/mol. The van der Waals surface area contributed by atoms with Gasteiger partial charge in [-0.15, -0.1) is 0 Å². The zero-order valence-electron chi connectivity index (χ0n) is 12.3. The normalized spacial score (nSPS) is 13.8. The Morgan fingerprint density at radius 1 is 1.17 bits per heavy atom. The minimum absolute atomic E-state index is 0.111. The molecule has 0 fully saturated rings. The predicted octanol–water partition coefficient (Wildman–Crippen LogP) is 3.09. The van der Waals surface area contributed by atoms with Crippen molar-refractivity contribution in [3.05, 3.63) is 53.6 Å². The molecule has 0 aliphatic carbocycles. The van der Waals surface area contributed by atoms with Crippen LogP contribution in [-0.4, -0.2) is 25.0 Å². The van der Waals surface area contributed by atoms with Crippen molar-refractivity contribution in [2.24, 2.45) is 0 Å². The summed E-state index contributed by atoms with van der Waals surface area (Å²) in [4.78, 5) is 25.8. The molecule has 1 heterocycles. The number of carbonyl (C=O) groups excluding carboxylic acids is 2. The van der Waals surface area contributed by atoms with Crippen LogP contribution in [0.25, 0.3) is 0 Å². The van der Waals surface area contributed by atoms with Crippen molar-refractivity contribution in [2.75, 3.05) is 23.4 Å². The molecule has 0 spiro atoms. The smallest absolute Gasteiger partial charge is 0.264 e. The molecule has 23 heavy (non-hydrogen) atoms. The van der Waals surface area contributed by atoms with Crippen molar-refractivity contribution in [1.29, 1.82) is 0 Å². The van der Waals surface area contributed by atoms with Crippen LogP contribution in [0.5, 0.6) is 5.75 Å². The molecule has 6 heteroatoms. The van der Waals surface area contributed by atoms with E-state index in [2.05, 4.69) is 5.32 Å². The van der Waals surface area contributed by atoms with Gasteiger partial charge in [0.25, 0.3) is 5.91 Å². The Balaban J connectivity index is 1.77. The molecule has 3 rings (SSSR count). The van der Waals surface area contributed by atoms with Crippen molar-refractivity contribution < 1.29 is 14.3 Å². The van der Waals surface area contributed by atoms with Crippen LogP contribution in [0, 0.1) is 0 Å². The molecule has 118 valence electrons. The van der Waals surface area contributed by atoms with Gasteiger partial charge in [-0.05, 0) is 24.3 Å². The minimum atomic E-state index is -0.228. The zero-order chi connectivity index (χ0) is 16.2. The Morgan fingerprint density at radius 2 is 1.91 bits per heavy atom. The van der Waals surface area contributed by atoms with Gasteiger partial charge in [0.2, 0.25) is 5.91 Å². The highest BCUT2D eigenvalue weighted by Crippen LogP contribution is 2.29. The van der Waals surface area contributed by atoms with Gasteiger partial charge in [0, 0.05) is 13.0 Å². The summed E-state index contributed by atoms with van der Waals surface area (Å²) in [6, 6.07) is 14.2. The summed E-state index contributed by atoms with van der Waals surface area (Å²) in [5.74, 6) is 0.119. The number of amides is 2. The lowest BCUT2D eigenvalue weighted by atomic mass is 10.2. The number of para-hydroxylation sites is 3. The van der Waals surface area contributed by atoms with Crippen LogP contribution in [-0.2, 0) is 9.59 Å². The highest BCUT2D eigenvalue weighted by atomic mass is 35.5. The number of carbonyl (C=O) groups is 2. The molecule has 0 atom stereocenters. The van der Waals surface area contributed by atoms with E-state index < -0.39 is 0 Å². The van der Waals surface area contributed by atoms with Gasteiger partial charge in [0.1, 0.15) is 5.75 Å². The van der Waals surface area contributed by atoms with Crippen molar-refractivity contribution in [1.82, 2.24) is 0 Å². The summed E-state index contributed by atoms with van der Waals surface area (Å²) < 4.78 is 5.51. The molecule has 2 aromatic carbocycles. The third kappa shape index (κ3) is 3.46. The topological polar surface area (TPSA) is 58.6 Å². The number of halogens is 1. The second kappa shape index (κ2) is 6.71. The van der Waals surface area contributed by atoms with Crippen LogP contribution < -0.4 is 15.0 Å². The van der Waals surface area contributed by atoms with E-state index in [-0.39, 0.29) is 24.8 Å². The Morgan fingerprint density at radius 3 is 2.74 bits per heavy atom. The summed E-state index contributed by atoms with van der Waals surface area (Å²) in [7, 11) is 0. The summed E-state index contributed by atoms with van der Waals surface area (Å²) in [5.41, 5.74) is 1.30. The number of fused-ring (bicyclic) bond motifs is 1. The van der Waals surface area contributed by atoms with Crippen molar-refractivity contribution in [3.8, 4) is 5.75 Å². The average molecular weight is 331 g/mol. The largest absolute Gasteiger partial charge is 0.482 e. The van der Waals surface area contributed by atoms with Gasteiger partial charge in [-0.2, -0.15) is 0 Å². The van der Waals surface area contributed by atoms with Crippen LogP contribution in [0.4, 0.5) is 11.4 Å². The number of rotatable bonds is 3. The van der Waals surface area contributed by atoms with Crippen molar-refractivity contribution in [3.63, 3.8) is 0 Å². The van der Waals surface area contributed by atoms with Crippen LogP contribution in [0.2, 0.25) is 5.02 Å². The molecule has 0 saturated heterocycles. The number of nitrogens with one attached hydrogen (secondary N) is 1. The zero-order valence-corrected chi connectivity index (χ0v) is 13.0. The van der Waals surface area contributed by atoms with Gasteiger partial charge < -0.3 is 15.0 Å². The molecule has 0 aromatic heterocycles. The summed E-state index contributed by atoms with van der Waals surface area (Å²) >= 11 is 6.02. The Labute approximate surface area is 138 Å². The number of anilines is 2. The molecular weight excluding hydrogens is 316 g/mol. The first-order valence-corrected chi connectivity index (χ1v) is 7.59. The van der Waals surface area contributed by atoms with Gasteiger partial charge in [-0.3, -0.25) is 9.59 Å². The fourth-order valence-corrected chi connectivity index (χ4v) is 2.59. The molecular formula is C17H15ClN2O3. The van der Waals surface area contributed by atoms with Crippen LogP contribution in [0.3, 0.4) is 0 Å². The lowest BCUT2D eigenvalue weighted by molar-refractivity contribution is -0.120. The van der Waals surface area contributed by atoms with Crippen molar-refractivity contribution in [2.45, 2.75) is 6.42 Å². The fourth-order valence-electron chi connectivity index (χ4n) is 2.40. The van der Waals surface area contributed by atoms with Gasteiger partial charge in [-0.25, -0.2) is 0 Å². The van der Waals surface area contributed by atoms with Gasteiger partial charge >= 0.3 is 0 Å². The Hall–Kier alpha value is -2.53. The lowest BCUT2D eigenvalue weighted by Gasteiger charge is -2.22. The minimum Gasteiger partial charge on any atom is -0.482 e. The number of hydrogen-bond acceptors (Lipinski definition) is 3. The van der Waals surface area contributed by atoms with E-state index in [0.29, 0.717) is 28.7 Å². The Bertz CT molecular complexity index is 748. The third-order valence-corrected chi connectivity index (χ3v) is 3.83. The highest BCUT2D eigenvalue weighted by Gasteiger charge is 2.24. The van der Waals surface area contributed by atoms with E-state index >= 15 is 0 Å². The number of hydrogen-bond donors (Lipinski definition) is 1. The van der Waals surface area contributed by atoms with E-state index in [1.807, 2.05) is 12.1 Å². The highest BCUT2D eigenvalue weighted by molar-refractivity contribution is 6.32. The van der Waals surface area contributed by atoms with E-state index in [9.17, 15) is 9.59 Å². The van der Waals surface area contributed by atoms with Crippen molar-refractivity contribution >= 4 is 34.8 Å². The number of nitrogens with zero attached hydrogens (tertiary/aromatic N) is 1. The van der Waals surface area contributed by atoms with Gasteiger partial charge in [0.15, 0.2) is 6.61 Å². The predicted molar refractivity (Wildman–Crippen MR) is 89.0 cm³/mol. The first kappa shape index (κ1) is 15.4. The van der Waals surface area contributed by atoms with Gasteiger partial charge in [-0.1, -0.05) is 35.9 Å². The Kier molecular flexibility index (Phi) is 4.48. The van der Waals surface area contributed by atoms with Crippen LogP contribution >= 0.6 is 11.6 Å². The molecule has 0 radical (unpaired) electrons. The molecule has 0 saturated carbocycles. The second-order valence-electron chi connectivity index (χ2n) is 5.08. The summed E-state index contributed by atoms with van der Waals surface area (Å²) in [6.07, 6.45) is 0.243. The standard InChI is InChI=1S/C17H15ClN2O3/c18-12-5-1-4-8-15(12)23-11-17(22)20-10-9-16(21)19-13-6-2-3-7-14(13)20/h1-8H,9-11H2,(H,19,21). The summed E-state index contributed by atoms with van der Waals surface area (Å²) in [5, 5.41) is 3.25. The maximum absolute atomic E-state index is 12.5. The average Bonchev–Trinajstić information content (AvgIpc) is 2.72. The van der Waals surface area contributed by atoms with Crippen LogP contribution in [0.15, 0.2) is 48.5 Å². The molecule has 5 nitrogen and oxygen atoms in total. The fraction of sp³-hybridized carbons (Fsp3) is 0.176. The molecule has 1 N–H and O–H groups in total. The molecule has 2 aromatic rings. The van der Waals surface area contributed by atoms with Gasteiger partial charge in [0.05, 0.1) is 16.4 Å². The summed E-state index contributed by atoms with van der Waals surface area (Å²) in [6.45, 7) is 0.166. The number of ether oxygens (including phenoxy) is 1. The van der Waals surface area contributed by atoms with E-state index in [4.69, 9.17) is 16.3 Å². The van der Waals surface area contributed by atoms with E-state index in [1.165, 1.54) is 0 Å². The number of benzene rings is 2. The molecule has 2 amide bonds. The lowest BCUT2D eigenvalue weighted by Crippen LogP contribution is -2.35. The quantitative estimate of drug-likeness (QED) is 0.940. The van der Waals surface area contributed by atoms with E-state index in [0.717, 1.165) is 0 Å². The molecule has 0 bridgehead atoms. The SMILES string of the molecule is O=C1CCN(C(=O)COc2ccccc2Cl)c2ccccc2N1. The molecule has 0 unspecified atom stereocenters. The second-order valence-corrected chi connectivity index (χ2v) is 5.49. The van der Waals surface area contributed by atoms with E-state index in [1.54, 1.807) is 41.3 Å². The first-order chi connectivity index (χ1) is 11.1. The first-order valence-electron chi connectivity index (χ1n) is 7.22. The van der Waals surface area contributed by atoms with Crippen LogP contribution in [0.1, 0.15) is 6.42 Å². The maximum atomic E-state index is 12.5.